The summed E-state index contributed by atoms with van der Waals surface area (Å²) >= 11 is 1.51. The molecule has 1 aliphatic heterocycles. The maximum Gasteiger partial charge on any atom is 0.180 e. The fraction of sp³-hybridized carbons (Fsp3) is 0.450. The van der Waals surface area contributed by atoms with Crippen LogP contribution in [0.3, 0.4) is 0 Å². The maximum atomic E-state index is 12.9. The van der Waals surface area contributed by atoms with Gasteiger partial charge in [-0.2, -0.15) is 0 Å². The quantitative estimate of drug-likeness (QED) is 0.755. The number of aryl methyl sites for hydroxylation is 2. The molecule has 0 N–H and O–H groups in total. The summed E-state index contributed by atoms with van der Waals surface area (Å²) in [5.41, 5.74) is 0.718. The average Bonchev–Trinajstić information content (AvgIpc) is 2.88. The summed E-state index contributed by atoms with van der Waals surface area (Å²) in [7, 11) is 0. The number of benzene rings is 1. The highest BCUT2D eigenvalue weighted by molar-refractivity contribution is 7.15. The second kappa shape index (κ2) is 5.85. The van der Waals surface area contributed by atoms with Crippen LogP contribution >= 0.6 is 11.3 Å². The van der Waals surface area contributed by atoms with Gasteiger partial charge in [-0.25, -0.2) is 4.98 Å². The van der Waals surface area contributed by atoms with E-state index in [1.807, 2.05) is 38.1 Å². The maximum absolute atomic E-state index is 12.9. The number of carbonyl (C=O) groups excluding carboxylic acids is 2. The van der Waals surface area contributed by atoms with E-state index in [0.717, 1.165) is 15.4 Å². The molecule has 2 heterocycles. The summed E-state index contributed by atoms with van der Waals surface area (Å²) in [6, 6.07) is 8.09. The van der Waals surface area contributed by atoms with E-state index < -0.39 is 17.1 Å². The number of Topliss-reactive ketones (excluding diaryl/α,β-unsaturated/α-hetero) is 2. The Labute approximate surface area is 152 Å². The van der Waals surface area contributed by atoms with Crippen molar-refractivity contribution in [2.75, 3.05) is 0 Å². The predicted octanol–water partition coefficient (Wildman–Crippen LogP) is 4.24. The van der Waals surface area contributed by atoms with Crippen molar-refractivity contribution in [3.63, 3.8) is 0 Å². The normalized spacial score (nSPS) is 20.1. The second-order valence-corrected chi connectivity index (χ2v) is 8.81. The van der Waals surface area contributed by atoms with Gasteiger partial charge in [-0.3, -0.25) is 9.59 Å². The van der Waals surface area contributed by atoms with E-state index in [9.17, 15) is 9.59 Å². The standard InChI is InChI=1S/C20H23NO3S/c1-11-7-9-13(10-8-11)18-21-15(12(2)25-18)14-16(22)19(3,4)24-20(5,6)17(14)23/h7-10,14H,1-6H3. The molecule has 0 atom stereocenters. The number of thiazole rings is 1. The number of ether oxygens (including phenoxy) is 1. The molecule has 1 aromatic heterocycles. The SMILES string of the molecule is Cc1ccc(-c2nc(C3C(=O)C(C)(C)OC(C)(C)C3=O)c(C)s2)cc1. The Bertz CT molecular complexity index is 820. The molecule has 132 valence electrons. The van der Waals surface area contributed by atoms with E-state index in [4.69, 9.17) is 4.74 Å². The molecule has 2 aromatic rings. The number of rotatable bonds is 2. The average molecular weight is 357 g/mol. The fourth-order valence-corrected chi connectivity index (χ4v) is 4.25. The molecule has 1 aliphatic rings. The van der Waals surface area contributed by atoms with Crippen molar-refractivity contribution in [1.82, 2.24) is 4.98 Å². The molecule has 1 aromatic carbocycles. The molecule has 0 unspecified atom stereocenters. The van der Waals surface area contributed by atoms with Gasteiger partial charge in [-0.15, -0.1) is 11.3 Å². The molecule has 0 amide bonds. The van der Waals surface area contributed by atoms with Gasteiger partial charge in [0.25, 0.3) is 0 Å². The summed E-state index contributed by atoms with van der Waals surface area (Å²) in [4.78, 5) is 31.4. The number of nitrogens with zero attached hydrogens (tertiary/aromatic N) is 1. The number of carbonyl (C=O) groups is 2. The van der Waals surface area contributed by atoms with Crippen LogP contribution in [-0.2, 0) is 14.3 Å². The zero-order chi connectivity index (χ0) is 18.6. The largest absolute Gasteiger partial charge is 0.354 e. The Morgan fingerprint density at radius 1 is 0.960 bits per heavy atom. The lowest BCUT2D eigenvalue weighted by Crippen LogP contribution is -2.58. The smallest absolute Gasteiger partial charge is 0.180 e. The lowest BCUT2D eigenvalue weighted by atomic mass is 9.76. The molecular formula is C20H23NO3S. The predicted molar refractivity (Wildman–Crippen MR) is 99.0 cm³/mol. The Morgan fingerprint density at radius 3 is 2.00 bits per heavy atom. The van der Waals surface area contributed by atoms with Gasteiger partial charge in [0.1, 0.15) is 22.1 Å². The zero-order valence-electron chi connectivity index (χ0n) is 15.5. The van der Waals surface area contributed by atoms with Crippen LogP contribution in [0, 0.1) is 13.8 Å². The van der Waals surface area contributed by atoms with Crippen molar-refractivity contribution in [3.05, 3.63) is 40.4 Å². The van der Waals surface area contributed by atoms with E-state index in [2.05, 4.69) is 4.98 Å². The summed E-state index contributed by atoms with van der Waals surface area (Å²) in [6.07, 6.45) is 0. The molecule has 0 radical (unpaired) electrons. The minimum atomic E-state index is -1.01. The lowest BCUT2D eigenvalue weighted by Gasteiger charge is -2.42. The minimum Gasteiger partial charge on any atom is -0.354 e. The van der Waals surface area contributed by atoms with Crippen molar-refractivity contribution in [2.45, 2.75) is 58.7 Å². The molecule has 25 heavy (non-hydrogen) atoms. The van der Waals surface area contributed by atoms with Crippen LogP contribution in [0.25, 0.3) is 10.6 Å². The van der Waals surface area contributed by atoms with Crippen molar-refractivity contribution < 1.29 is 14.3 Å². The summed E-state index contributed by atoms with van der Waals surface area (Å²) < 4.78 is 5.76. The van der Waals surface area contributed by atoms with Crippen LogP contribution in [0.2, 0.25) is 0 Å². The fourth-order valence-electron chi connectivity index (χ4n) is 3.30. The molecule has 5 heteroatoms. The molecule has 0 bridgehead atoms. The first-order chi connectivity index (χ1) is 11.5. The zero-order valence-corrected chi connectivity index (χ0v) is 16.3. The number of aromatic nitrogens is 1. The summed E-state index contributed by atoms with van der Waals surface area (Å²) in [5.74, 6) is -1.31. The van der Waals surface area contributed by atoms with E-state index in [1.165, 1.54) is 16.9 Å². The highest BCUT2D eigenvalue weighted by Gasteiger charge is 2.54. The summed E-state index contributed by atoms with van der Waals surface area (Å²) in [6.45, 7) is 10.8. The van der Waals surface area contributed by atoms with E-state index in [1.54, 1.807) is 27.7 Å². The number of ketones is 2. The van der Waals surface area contributed by atoms with Crippen molar-refractivity contribution in [2.24, 2.45) is 0 Å². The van der Waals surface area contributed by atoms with Crippen LogP contribution in [-0.4, -0.2) is 27.8 Å². The highest BCUT2D eigenvalue weighted by Crippen LogP contribution is 2.41. The lowest BCUT2D eigenvalue weighted by molar-refractivity contribution is -0.184. The Balaban J connectivity index is 2.07. The van der Waals surface area contributed by atoms with Crippen molar-refractivity contribution >= 4 is 22.9 Å². The van der Waals surface area contributed by atoms with Crippen LogP contribution in [0.1, 0.15) is 49.7 Å². The Morgan fingerprint density at radius 2 is 1.48 bits per heavy atom. The van der Waals surface area contributed by atoms with Crippen LogP contribution < -0.4 is 0 Å². The minimum absolute atomic E-state index is 0.222. The molecule has 4 nitrogen and oxygen atoms in total. The van der Waals surface area contributed by atoms with Gasteiger partial charge in [0.15, 0.2) is 11.6 Å². The third-order valence-corrected chi connectivity index (χ3v) is 5.66. The van der Waals surface area contributed by atoms with Crippen LogP contribution in [0.15, 0.2) is 24.3 Å². The third-order valence-electron chi connectivity index (χ3n) is 4.63. The van der Waals surface area contributed by atoms with Gasteiger partial charge in [0.2, 0.25) is 0 Å². The molecule has 0 saturated carbocycles. The first-order valence-corrected chi connectivity index (χ1v) is 9.18. The third kappa shape index (κ3) is 3.07. The van der Waals surface area contributed by atoms with Gasteiger partial charge < -0.3 is 4.74 Å². The van der Waals surface area contributed by atoms with Gasteiger partial charge in [-0.05, 0) is 41.5 Å². The monoisotopic (exact) mass is 357 g/mol. The second-order valence-electron chi connectivity index (χ2n) is 7.61. The molecule has 3 rings (SSSR count). The van der Waals surface area contributed by atoms with E-state index in [0.29, 0.717) is 5.69 Å². The topological polar surface area (TPSA) is 56.3 Å². The van der Waals surface area contributed by atoms with Gasteiger partial charge in [0.05, 0.1) is 5.69 Å². The molecule has 0 aliphatic carbocycles. The van der Waals surface area contributed by atoms with Gasteiger partial charge in [0, 0.05) is 10.4 Å². The van der Waals surface area contributed by atoms with Gasteiger partial charge >= 0.3 is 0 Å². The van der Waals surface area contributed by atoms with E-state index in [-0.39, 0.29) is 11.6 Å². The Kier molecular flexibility index (Phi) is 4.20. The number of hydrogen-bond acceptors (Lipinski definition) is 5. The molecule has 1 fully saturated rings. The van der Waals surface area contributed by atoms with Crippen molar-refractivity contribution in [3.8, 4) is 10.6 Å². The van der Waals surface area contributed by atoms with Crippen LogP contribution in [0.4, 0.5) is 0 Å². The molecule has 1 saturated heterocycles. The van der Waals surface area contributed by atoms with Crippen molar-refractivity contribution in [1.29, 1.82) is 0 Å². The first kappa shape index (κ1) is 18.0. The van der Waals surface area contributed by atoms with Crippen LogP contribution in [0.5, 0.6) is 0 Å². The highest BCUT2D eigenvalue weighted by atomic mass is 32.1. The first-order valence-electron chi connectivity index (χ1n) is 8.36. The van der Waals surface area contributed by atoms with E-state index >= 15 is 0 Å². The molecule has 0 spiro atoms. The molecular weight excluding hydrogens is 334 g/mol. The number of hydrogen-bond donors (Lipinski definition) is 0. The summed E-state index contributed by atoms with van der Waals surface area (Å²) in [5, 5.41) is 0.829. The Hall–Kier alpha value is -1.85. The van der Waals surface area contributed by atoms with Gasteiger partial charge in [-0.1, -0.05) is 29.8 Å².